The molecule has 0 saturated heterocycles. The summed E-state index contributed by atoms with van der Waals surface area (Å²) in [5.74, 6) is -1.67. The standard InChI is InChI=1S/C12H10ClF2N/c13-12-3-1-2-6-16(12)8-9-4-5-10(14)11(15)7-9/h1-7,12H,8H2. The van der Waals surface area contributed by atoms with Crippen LogP contribution in [0.25, 0.3) is 0 Å². The third-order valence-corrected chi connectivity index (χ3v) is 2.72. The molecule has 0 bridgehead atoms. The molecule has 0 N–H and O–H groups in total. The van der Waals surface area contributed by atoms with Gasteiger partial charge in [0, 0.05) is 12.7 Å². The third kappa shape index (κ3) is 2.42. The molecule has 0 spiro atoms. The Morgan fingerprint density at radius 3 is 2.69 bits per heavy atom. The molecule has 4 heteroatoms. The quantitative estimate of drug-likeness (QED) is 0.567. The zero-order valence-corrected chi connectivity index (χ0v) is 9.16. The maximum Gasteiger partial charge on any atom is 0.159 e. The van der Waals surface area contributed by atoms with E-state index in [1.165, 1.54) is 6.07 Å². The predicted molar refractivity (Wildman–Crippen MR) is 59.8 cm³/mol. The Hall–Kier alpha value is -1.35. The van der Waals surface area contributed by atoms with Crippen LogP contribution in [0.15, 0.2) is 42.6 Å². The van der Waals surface area contributed by atoms with Gasteiger partial charge in [-0.25, -0.2) is 8.78 Å². The van der Waals surface area contributed by atoms with Crippen molar-refractivity contribution >= 4 is 11.6 Å². The summed E-state index contributed by atoms with van der Waals surface area (Å²) in [4.78, 5) is 1.83. The number of allylic oxidation sites excluding steroid dienone is 2. The van der Waals surface area contributed by atoms with Crippen molar-refractivity contribution in [3.05, 3.63) is 59.8 Å². The molecule has 0 radical (unpaired) electrons. The monoisotopic (exact) mass is 241 g/mol. The molecule has 0 amide bonds. The highest BCUT2D eigenvalue weighted by Gasteiger charge is 2.12. The fraction of sp³-hybridized carbons (Fsp3) is 0.167. The fourth-order valence-electron chi connectivity index (χ4n) is 1.50. The number of hydrogen-bond donors (Lipinski definition) is 0. The van der Waals surface area contributed by atoms with Gasteiger partial charge in [0.25, 0.3) is 0 Å². The summed E-state index contributed by atoms with van der Waals surface area (Å²) in [7, 11) is 0. The molecule has 1 aliphatic rings. The van der Waals surface area contributed by atoms with E-state index >= 15 is 0 Å². The van der Waals surface area contributed by atoms with Gasteiger partial charge in [-0.15, -0.1) is 0 Å². The van der Waals surface area contributed by atoms with Crippen LogP contribution in [0.5, 0.6) is 0 Å². The van der Waals surface area contributed by atoms with Gasteiger partial charge in [0.2, 0.25) is 0 Å². The molecule has 0 saturated carbocycles. The Morgan fingerprint density at radius 2 is 2.00 bits per heavy atom. The summed E-state index contributed by atoms with van der Waals surface area (Å²) in [5.41, 5.74) is 0.433. The molecule has 1 unspecified atom stereocenters. The van der Waals surface area contributed by atoms with E-state index < -0.39 is 11.6 Å². The smallest absolute Gasteiger partial charge is 0.159 e. The average molecular weight is 242 g/mol. The first-order chi connectivity index (χ1) is 7.66. The van der Waals surface area contributed by atoms with E-state index in [2.05, 4.69) is 0 Å². The van der Waals surface area contributed by atoms with Crippen molar-refractivity contribution in [2.75, 3.05) is 0 Å². The zero-order chi connectivity index (χ0) is 11.5. The molecule has 84 valence electrons. The summed E-state index contributed by atoms with van der Waals surface area (Å²) < 4.78 is 25.7. The lowest BCUT2D eigenvalue weighted by atomic mass is 10.2. The first kappa shape index (κ1) is 11.1. The van der Waals surface area contributed by atoms with Gasteiger partial charge in [0.05, 0.1) is 0 Å². The minimum atomic E-state index is -0.833. The molecule has 0 aromatic heterocycles. The maximum absolute atomic E-state index is 13.0. The Kier molecular flexibility index (Phi) is 3.25. The van der Waals surface area contributed by atoms with Crippen LogP contribution in [-0.4, -0.2) is 10.4 Å². The van der Waals surface area contributed by atoms with Crippen molar-refractivity contribution in [3.8, 4) is 0 Å². The number of nitrogens with zero attached hydrogens (tertiary/aromatic N) is 1. The van der Waals surface area contributed by atoms with Crippen LogP contribution in [0, 0.1) is 11.6 Å². The molecule has 0 fully saturated rings. The minimum Gasteiger partial charge on any atom is -0.354 e. The second-order valence-electron chi connectivity index (χ2n) is 3.52. The molecular formula is C12H10ClF2N. The van der Waals surface area contributed by atoms with Gasteiger partial charge in [-0.05, 0) is 29.8 Å². The van der Waals surface area contributed by atoms with E-state index in [-0.39, 0.29) is 5.50 Å². The Balaban J connectivity index is 2.12. The van der Waals surface area contributed by atoms with Gasteiger partial charge in [0.15, 0.2) is 11.6 Å². The molecular weight excluding hydrogens is 232 g/mol. The van der Waals surface area contributed by atoms with E-state index in [0.29, 0.717) is 12.1 Å². The van der Waals surface area contributed by atoms with Crippen LogP contribution in [0.2, 0.25) is 0 Å². The summed E-state index contributed by atoms with van der Waals surface area (Å²) in [6.45, 7) is 0.451. The second kappa shape index (κ2) is 4.66. The van der Waals surface area contributed by atoms with E-state index in [1.54, 1.807) is 6.07 Å². The Bertz CT molecular complexity index is 443. The predicted octanol–water partition coefficient (Wildman–Crippen LogP) is 3.42. The van der Waals surface area contributed by atoms with Crippen LogP contribution < -0.4 is 0 Å². The lowest BCUT2D eigenvalue weighted by Gasteiger charge is -2.25. The van der Waals surface area contributed by atoms with Crippen molar-refractivity contribution in [3.63, 3.8) is 0 Å². The maximum atomic E-state index is 13.0. The molecule has 1 nitrogen and oxygen atoms in total. The first-order valence-corrected chi connectivity index (χ1v) is 5.29. The lowest BCUT2D eigenvalue weighted by Crippen LogP contribution is -2.25. The molecule has 1 atom stereocenters. The minimum absolute atomic E-state index is 0.252. The van der Waals surface area contributed by atoms with E-state index in [9.17, 15) is 8.78 Å². The van der Waals surface area contributed by atoms with E-state index in [0.717, 1.165) is 6.07 Å². The molecule has 2 rings (SSSR count). The molecule has 1 heterocycles. The highest BCUT2D eigenvalue weighted by Crippen LogP contribution is 2.17. The molecule has 1 aromatic rings. The molecule has 0 aliphatic carbocycles. The Morgan fingerprint density at radius 1 is 1.19 bits per heavy atom. The van der Waals surface area contributed by atoms with Crippen molar-refractivity contribution in [2.45, 2.75) is 12.0 Å². The average Bonchev–Trinajstić information content (AvgIpc) is 2.27. The largest absolute Gasteiger partial charge is 0.354 e. The van der Waals surface area contributed by atoms with Gasteiger partial charge < -0.3 is 4.90 Å². The summed E-state index contributed by atoms with van der Waals surface area (Å²) in [6, 6.07) is 3.86. The highest BCUT2D eigenvalue weighted by molar-refractivity contribution is 6.21. The van der Waals surface area contributed by atoms with Crippen molar-refractivity contribution in [2.24, 2.45) is 0 Å². The van der Waals surface area contributed by atoms with E-state index in [4.69, 9.17) is 11.6 Å². The van der Waals surface area contributed by atoms with Gasteiger partial charge in [0.1, 0.15) is 5.50 Å². The summed E-state index contributed by atoms with van der Waals surface area (Å²) in [5, 5.41) is 0. The first-order valence-electron chi connectivity index (χ1n) is 4.85. The van der Waals surface area contributed by atoms with Crippen LogP contribution in [0.3, 0.4) is 0 Å². The Labute approximate surface area is 97.6 Å². The molecule has 16 heavy (non-hydrogen) atoms. The van der Waals surface area contributed by atoms with Crippen LogP contribution >= 0.6 is 11.6 Å². The molecule has 1 aromatic carbocycles. The number of rotatable bonds is 2. The highest BCUT2D eigenvalue weighted by atomic mass is 35.5. The van der Waals surface area contributed by atoms with E-state index in [1.807, 2.05) is 29.3 Å². The van der Waals surface area contributed by atoms with Gasteiger partial charge in [-0.3, -0.25) is 0 Å². The van der Waals surface area contributed by atoms with Crippen molar-refractivity contribution < 1.29 is 8.78 Å². The SMILES string of the molecule is Fc1ccc(CN2C=CC=CC2Cl)cc1F. The number of benzene rings is 1. The topological polar surface area (TPSA) is 3.24 Å². The van der Waals surface area contributed by atoms with Crippen molar-refractivity contribution in [1.82, 2.24) is 4.90 Å². The van der Waals surface area contributed by atoms with Gasteiger partial charge in [-0.1, -0.05) is 23.7 Å². The van der Waals surface area contributed by atoms with Crippen LogP contribution in [-0.2, 0) is 6.54 Å². The number of halogens is 3. The molecule has 1 aliphatic heterocycles. The summed E-state index contributed by atoms with van der Waals surface area (Å²) in [6.07, 6.45) is 7.33. The zero-order valence-electron chi connectivity index (χ0n) is 8.41. The fourth-order valence-corrected chi connectivity index (χ4v) is 1.72. The summed E-state index contributed by atoms with van der Waals surface area (Å²) >= 11 is 6.02. The third-order valence-electron chi connectivity index (χ3n) is 2.32. The van der Waals surface area contributed by atoms with Crippen LogP contribution in [0.1, 0.15) is 5.56 Å². The van der Waals surface area contributed by atoms with Gasteiger partial charge in [-0.2, -0.15) is 0 Å². The number of hydrogen-bond acceptors (Lipinski definition) is 1. The van der Waals surface area contributed by atoms with Crippen LogP contribution in [0.4, 0.5) is 8.78 Å². The van der Waals surface area contributed by atoms with Crippen molar-refractivity contribution in [1.29, 1.82) is 0 Å². The normalized spacial score (nSPS) is 19.2. The lowest BCUT2D eigenvalue weighted by molar-refractivity contribution is 0.373. The number of alkyl halides is 1. The second-order valence-corrected chi connectivity index (χ2v) is 3.97. The van der Waals surface area contributed by atoms with Gasteiger partial charge >= 0.3 is 0 Å².